The number of amides is 1. The number of piperidine rings is 1. The number of nitrogens with one attached hydrogen (secondary N) is 1. The zero-order valence-electron chi connectivity index (χ0n) is 22.9. The maximum atomic E-state index is 14.0. The third-order valence-corrected chi connectivity index (χ3v) is 9.24. The third kappa shape index (κ3) is 5.18. The van der Waals surface area contributed by atoms with Gasteiger partial charge in [0.05, 0.1) is 11.9 Å². The summed E-state index contributed by atoms with van der Waals surface area (Å²) in [4.78, 5) is 27.2. The fourth-order valence-electron chi connectivity index (χ4n) is 5.62. The van der Waals surface area contributed by atoms with Crippen molar-refractivity contribution >= 4 is 17.5 Å². The van der Waals surface area contributed by atoms with Crippen LogP contribution in [0, 0.1) is 11.3 Å². The standard InChI is InChI=1S/C27H41F2N7O/c1-18(8-9-25(2,3)26(4,28)29)21-16-36-24(31-21)32-22(35-14-13-34(5)27(17-35)10-11-27)20(33-36)15-19-7-6-12-30-23(19)37/h16,18-19H,6-15,17H2,1-5H3,(H,30,37)/t18?,19-/m1/s1. The molecule has 1 spiro atoms. The van der Waals surface area contributed by atoms with E-state index in [2.05, 4.69) is 22.2 Å². The van der Waals surface area contributed by atoms with Gasteiger partial charge in [-0.2, -0.15) is 10.1 Å². The molecule has 37 heavy (non-hydrogen) atoms. The van der Waals surface area contributed by atoms with Gasteiger partial charge in [-0.3, -0.25) is 9.69 Å². The number of carbonyl (C=O) groups is 1. The van der Waals surface area contributed by atoms with Gasteiger partial charge in [-0.25, -0.2) is 18.3 Å². The lowest BCUT2D eigenvalue weighted by Gasteiger charge is -2.41. The molecule has 4 heterocycles. The molecule has 1 unspecified atom stereocenters. The number of nitrogens with zero attached hydrogens (tertiary/aromatic N) is 6. The first-order valence-electron chi connectivity index (χ1n) is 13.8. The number of imidazole rings is 1. The van der Waals surface area contributed by atoms with Crippen LogP contribution in [0.2, 0.25) is 0 Å². The van der Waals surface area contributed by atoms with Crippen LogP contribution >= 0.6 is 0 Å². The molecule has 1 N–H and O–H groups in total. The smallest absolute Gasteiger partial charge is 0.252 e. The molecule has 0 aromatic carbocycles. The Morgan fingerprint density at radius 2 is 1.97 bits per heavy atom. The first-order chi connectivity index (χ1) is 17.4. The summed E-state index contributed by atoms with van der Waals surface area (Å²) in [7, 11) is 2.20. The topological polar surface area (TPSA) is 78.7 Å². The van der Waals surface area contributed by atoms with Crippen LogP contribution < -0.4 is 10.2 Å². The van der Waals surface area contributed by atoms with Crippen LogP contribution in [0.25, 0.3) is 5.78 Å². The van der Waals surface area contributed by atoms with Crippen molar-refractivity contribution in [2.24, 2.45) is 11.3 Å². The molecule has 2 aromatic heterocycles. The minimum absolute atomic E-state index is 0.000447. The Morgan fingerprint density at radius 1 is 1.22 bits per heavy atom. The Hall–Kier alpha value is -2.36. The average Bonchev–Trinajstić information content (AvgIpc) is 3.48. The van der Waals surface area contributed by atoms with Gasteiger partial charge in [-0.15, -0.1) is 0 Å². The predicted octanol–water partition coefficient (Wildman–Crippen LogP) is 4.04. The number of likely N-dealkylation sites (N-methyl/N-ethyl adjacent to an activating group) is 1. The van der Waals surface area contributed by atoms with Crippen molar-refractivity contribution in [2.75, 3.05) is 38.1 Å². The maximum Gasteiger partial charge on any atom is 0.252 e. The Labute approximate surface area is 218 Å². The fraction of sp³-hybridized carbons (Fsp3) is 0.778. The quantitative estimate of drug-likeness (QED) is 0.570. The number of rotatable bonds is 8. The molecule has 2 aliphatic heterocycles. The summed E-state index contributed by atoms with van der Waals surface area (Å²) < 4.78 is 29.7. The molecule has 8 nitrogen and oxygen atoms in total. The molecular formula is C27H41F2N7O. The second-order valence-electron chi connectivity index (χ2n) is 12.4. The van der Waals surface area contributed by atoms with Crippen molar-refractivity contribution in [3.63, 3.8) is 0 Å². The number of alkyl halides is 2. The highest BCUT2D eigenvalue weighted by molar-refractivity contribution is 5.79. The van der Waals surface area contributed by atoms with E-state index in [0.717, 1.165) is 63.2 Å². The second-order valence-corrected chi connectivity index (χ2v) is 12.4. The van der Waals surface area contributed by atoms with E-state index in [4.69, 9.17) is 15.1 Å². The van der Waals surface area contributed by atoms with Gasteiger partial charge in [0.25, 0.3) is 5.78 Å². The Bertz CT molecular complexity index is 1150. The SMILES string of the molecule is CC(CCC(C)(C)C(C)(F)F)c1cn2nc(C[C@H]3CCCNC3=O)c(N3CCN(C)C4(CC4)C3)nc2n1. The molecule has 3 fully saturated rings. The molecule has 2 saturated heterocycles. The largest absolute Gasteiger partial charge is 0.356 e. The number of fused-ring (bicyclic) bond motifs is 1. The van der Waals surface area contributed by atoms with Crippen molar-refractivity contribution < 1.29 is 13.6 Å². The van der Waals surface area contributed by atoms with E-state index in [0.29, 0.717) is 25.0 Å². The second kappa shape index (κ2) is 9.43. The number of hydrogen-bond donors (Lipinski definition) is 1. The summed E-state index contributed by atoms with van der Waals surface area (Å²) in [5, 5.41) is 7.95. The summed E-state index contributed by atoms with van der Waals surface area (Å²) in [6.45, 7) is 9.72. The monoisotopic (exact) mass is 517 g/mol. The summed E-state index contributed by atoms with van der Waals surface area (Å²) in [6, 6.07) is 0. The van der Waals surface area contributed by atoms with Gasteiger partial charge in [0.15, 0.2) is 5.82 Å². The summed E-state index contributed by atoms with van der Waals surface area (Å²) in [6.07, 6.45) is 7.62. The van der Waals surface area contributed by atoms with Crippen molar-refractivity contribution in [1.82, 2.24) is 29.8 Å². The van der Waals surface area contributed by atoms with E-state index < -0.39 is 11.3 Å². The molecular weight excluding hydrogens is 476 g/mol. The minimum Gasteiger partial charge on any atom is -0.356 e. The van der Waals surface area contributed by atoms with Crippen LogP contribution in [0.4, 0.5) is 14.6 Å². The highest BCUT2D eigenvalue weighted by atomic mass is 19.3. The molecule has 0 bridgehead atoms. The summed E-state index contributed by atoms with van der Waals surface area (Å²) in [5.74, 6) is -1.41. The maximum absolute atomic E-state index is 14.0. The zero-order chi connectivity index (χ0) is 26.6. The summed E-state index contributed by atoms with van der Waals surface area (Å²) >= 11 is 0. The Kier molecular flexibility index (Phi) is 6.69. The number of aromatic nitrogens is 4. The zero-order valence-corrected chi connectivity index (χ0v) is 22.9. The van der Waals surface area contributed by atoms with Crippen molar-refractivity contribution in [3.05, 3.63) is 17.6 Å². The summed E-state index contributed by atoms with van der Waals surface area (Å²) in [5.41, 5.74) is 0.774. The van der Waals surface area contributed by atoms with E-state index in [-0.39, 0.29) is 23.3 Å². The fourth-order valence-corrected chi connectivity index (χ4v) is 5.62. The van der Waals surface area contributed by atoms with E-state index >= 15 is 0 Å². The lowest BCUT2D eigenvalue weighted by Crippen LogP contribution is -2.54. The van der Waals surface area contributed by atoms with Crippen LogP contribution in [-0.4, -0.2) is 75.1 Å². The lowest BCUT2D eigenvalue weighted by molar-refractivity contribution is -0.126. The van der Waals surface area contributed by atoms with Gasteiger partial charge in [0.2, 0.25) is 11.8 Å². The average molecular weight is 518 g/mol. The van der Waals surface area contributed by atoms with Gasteiger partial charge in [-0.05, 0) is 52.5 Å². The van der Waals surface area contributed by atoms with Crippen molar-refractivity contribution in [3.8, 4) is 0 Å². The van der Waals surface area contributed by atoms with Crippen molar-refractivity contribution in [1.29, 1.82) is 0 Å². The first-order valence-corrected chi connectivity index (χ1v) is 13.8. The molecule has 2 atom stereocenters. The molecule has 2 aromatic rings. The van der Waals surface area contributed by atoms with E-state index in [1.807, 2.05) is 13.1 Å². The van der Waals surface area contributed by atoms with Crippen LogP contribution in [0.5, 0.6) is 0 Å². The number of anilines is 1. The van der Waals surface area contributed by atoms with Gasteiger partial charge in [0, 0.05) is 55.4 Å². The van der Waals surface area contributed by atoms with Crippen LogP contribution in [0.3, 0.4) is 0 Å². The molecule has 10 heteroatoms. The lowest BCUT2D eigenvalue weighted by atomic mass is 9.79. The van der Waals surface area contributed by atoms with Crippen molar-refractivity contribution in [2.45, 2.75) is 90.0 Å². The molecule has 0 radical (unpaired) electrons. The van der Waals surface area contributed by atoms with Gasteiger partial charge in [0.1, 0.15) is 5.69 Å². The molecule has 1 saturated carbocycles. The van der Waals surface area contributed by atoms with Gasteiger partial charge in [-0.1, -0.05) is 20.8 Å². The molecule has 3 aliphatic rings. The number of halogens is 2. The molecule has 1 amide bonds. The van der Waals surface area contributed by atoms with Crippen LogP contribution in [0.15, 0.2) is 6.20 Å². The highest BCUT2D eigenvalue weighted by Gasteiger charge is 2.50. The van der Waals surface area contributed by atoms with Crippen LogP contribution in [0.1, 0.15) is 83.5 Å². The normalized spacial score (nSPS) is 23.5. The minimum atomic E-state index is -2.74. The Balaban J connectivity index is 1.43. The highest BCUT2D eigenvalue weighted by Crippen LogP contribution is 2.44. The number of carbonyl (C=O) groups excluding carboxylic acids is 1. The third-order valence-electron chi connectivity index (χ3n) is 9.24. The molecule has 1 aliphatic carbocycles. The van der Waals surface area contributed by atoms with E-state index in [1.54, 1.807) is 18.4 Å². The Morgan fingerprint density at radius 3 is 2.65 bits per heavy atom. The van der Waals surface area contributed by atoms with E-state index in [1.165, 1.54) is 12.8 Å². The van der Waals surface area contributed by atoms with Crippen LogP contribution in [-0.2, 0) is 11.2 Å². The van der Waals surface area contributed by atoms with E-state index in [9.17, 15) is 13.6 Å². The number of hydrogen-bond acceptors (Lipinski definition) is 6. The molecule has 5 rings (SSSR count). The van der Waals surface area contributed by atoms with Gasteiger partial charge >= 0.3 is 0 Å². The first kappa shape index (κ1) is 26.3. The molecule has 204 valence electrons. The predicted molar refractivity (Wildman–Crippen MR) is 139 cm³/mol. The number of piperazine rings is 1. The van der Waals surface area contributed by atoms with Gasteiger partial charge < -0.3 is 10.2 Å².